The predicted octanol–water partition coefficient (Wildman–Crippen LogP) is 4.28. The maximum absolute atomic E-state index is 12.2. The Hall–Kier alpha value is -2.14. The molecule has 2 aliphatic rings. The second-order valence-corrected chi connectivity index (χ2v) is 9.66. The van der Waals surface area contributed by atoms with Crippen molar-refractivity contribution in [1.29, 1.82) is 0 Å². The van der Waals surface area contributed by atoms with Gasteiger partial charge in [0.25, 0.3) is 0 Å². The zero-order valence-electron chi connectivity index (χ0n) is 18.3. The van der Waals surface area contributed by atoms with Crippen LogP contribution in [0.1, 0.15) is 47.7 Å². The van der Waals surface area contributed by atoms with Crippen molar-refractivity contribution in [2.75, 3.05) is 20.6 Å². The molecule has 158 valence electrons. The van der Waals surface area contributed by atoms with Gasteiger partial charge in [-0.1, -0.05) is 42.5 Å². The van der Waals surface area contributed by atoms with Crippen LogP contribution in [0.5, 0.6) is 0 Å². The monoisotopic (exact) mass is 403 g/mol. The van der Waals surface area contributed by atoms with Crippen LogP contribution in [-0.4, -0.2) is 41.7 Å². The number of nitrogens with zero attached hydrogens (tertiary/aromatic N) is 1. The molecule has 1 aromatic heterocycles. The van der Waals surface area contributed by atoms with E-state index in [2.05, 4.69) is 84.8 Å². The summed E-state index contributed by atoms with van der Waals surface area (Å²) in [6.07, 6.45) is 3.71. The summed E-state index contributed by atoms with van der Waals surface area (Å²) < 4.78 is 0. The van der Waals surface area contributed by atoms with Crippen LogP contribution in [0.2, 0.25) is 0 Å². The Morgan fingerprint density at radius 2 is 1.87 bits per heavy atom. The number of fused-ring (bicyclic) bond motifs is 6. The zero-order valence-corrected chi connectivity index (χ0v) is 18.3. The number of hydrogen-bond donors (Lipinski definition) is 3. The van der Waals surface area contributed by atoms with E-state index in [1.54, 1.807) is 0 Å². The van der Waals surface area contributed by atoms with Gasteiger partial charge in [0.05, 0.1) is 5.60 Å². The first-order chi connectivity index (χ1) is 14.5. The maximum Gasteiger partial charge on any atom is 0.0940 e. The summed E-state index contributed by atoms with van der Waals surface area (Å²) in [4.78, 5) is 5.94. The molecule has 1 saturated heterocycles. The largest absolute Gasteiger partial charge is 0.385 e. The predicted molar refractivity (Wildman–Crippen MR) is 123 cm³/mol. The number of aryl methyl sites for hydroxylation is 1. The third-order valence-electron chi connectivity index (χ3n) is 7.35. The second kappa shape index (κ2) is 7.52. The van der Waals surface area contributed by atoms with Gasteiger partial charge in [0.2, 0.25) is 0 Å². The fourth-order valence-electron chi connectivity index (χ4n) is 5.94. The maximum atomic E-state index is 12.2. The third kappa shape index (κ3) is 3.27. The van der Waals surface area contributed by atoms with Crippen LogP contribution in [0.25, 0.3) is 10.9 Å². The highest BCUT2D eigenvalue weighted by Gasteiger charge is 2.44. The SMILES string of the molecule is Cc1ccccc1C1(O)CCC2Cc3c([nH]c4ccccc34)C(CC1CN(C)C)N2. The van der Waals surface area contributed by atoms with Gasteiger partial charge in [-0.05, 0) is 69.5 Å². The number of aromatic nitrogens is 1. The van der Waals surface area contributed by atoms with Gasteiger partial charge >= 0.3 is 0 Å². The normalized spacial score (nSPS) is 28.9. The lowest BCUT2D eigenvalue weighted by Gasteiger charge is -2.45. The van der Waals surface area contributed by atoms with Gasteiger partial charge in [-0.15, -0.1) is 0 Å². The Bertz CT molecular complexity index is 1060. The van der Waals surface area contributed by atoms with Crippen molar-refractivity contribution >= 4 is 10.9 Å². The van der Waals surface area contributed by atoms with Crippen LogP contribution >= 0.6 is 0 Å². The number of rotatable bonds is 3. The molecule has 4 unspecified atom stereocenters. The lowest BCUT2D eigenvalue weighted by atomic mass is 9.70. The molecule has 2 bridgehead atoms. The first-order valence-corrected chi connectivity index (χ1v) is 11.2. The van der Waals surface area contributed by atoms with Crippen LogP contribution in [-0.2, 0) is 12.0 Å². The summed E-state index contributed by atoms with van der Waals surface area (Å²) in [7, 11) is 4.23. The Balaban J connectivity index is 1.59. The van der Waals surface area contributed by atoms with Gasteiger partial charge < -0.3 is 20.3 Å². The Morgan fingerprint density at radius 3 is 2.67 bits per heavy atom. The van der Waals surface area contributed by atoms with Crippen molar-refractivity contribution in [1.82, 2.24) is 15.2 Å². The number of nitrogens with one attached hydrogen (secondary N) is 2. The van der Waals surface area contributed by atoms with Crippen molar-refractivity contribution in [3.8, 4) is 0 Å². The van der Waals surface area contributed by atoms with Gasteiger partial charge in [0, 0.05) is 41.1 Å². The van der Waals surface area contributed by atoms with E-state index in [4.69, 9.17) is 0 Å². The molecule has 0 saturated carbocycles. The molecular weight excluding hydrogens is 370 g/mol. The van der Waals surface area contributed by atoms with Gasteiger partial charge in [0.15, 0.2) is 0 Å². The molecule has 2 aliphatic heterocycles. The molecule has 0 radical (unpaired) electrons. The van der Waals surface area contributed by atoms with Crippen molar-refractivity contribution < 1.29 is 5.11 Å². The smallest absolute Gasteiger partial charge is 0.0940 e. The molecule has 4 heteroatoms. The molecule has 3 heterocycles. The summed E-state index contributed by atoms with van der Waals surface area (Å²) in [5, 5.41) is 17.5. The Morgan fingerprint density at radius 1 is 1.10 bits per heavy atom. The van der Waals surface area contributed by atoms with E-state index in [1.807, 2.05) is 0 Å². The summed E-state index contributed by atoms with van der Waals surface area (Å²) in [6.45, 7) is 3.00. The number of hydrogen-bond acceptors (Lipinski definition) is 3. The first-order valence-electron chi connectivity index (χ1n) is 11.2. The highest BCUT2D eigenvalue weighted by atomic mass is 16.3. The van der Waals surface area contributed by atoms with Crippen LogP contribution in [0.15, 0.2) is 48.5 Å². The number of aliphatic hydroxyl groups is 1. The molecule has 0 spiro atoms. The molecular formula is C26H33N3O. The average molecular weight is 404 g/mol. The number of H-pyrrole nitrogens is 1. The standard InChI is InChI=1S/C26H33N3O/c1-17-8-4-6-10-22(17)26(30)13-12-19-15-21-20-9-5-7-11-23(20)28-25(21)24(27-19)14-18(26)16-29(2)3/h4-11,18-19,24,27-28,30H,12-16H2,1-3H3. The summed E-state index contributed by atoms with van der Waals surface area (Å²) in [5.41, 5.74) is 5.52. The van der Waals surface area contributed by atoms with Gasteiger partial charge in [0.1, 0.15) is 0 Å². The lowest BCUT2D eigenvalue weighted by Crippen LogP contribution is -2.50. The molecule has 5 rings (SSSR count). The van der Waals surface area contributed by atoms with E-state index in [0.29, 0.717) is 6.04 Å². The van der Waals surface area contributed by atoms with Gasteiger partial charge in [-0.2, -0.15) is 0 Å². The second-order valence-electron chi connectivity index (χ2n) is 9.66. The highest BCUT2D eigenvalue weighted by Crippen LogP contribution is 2.45. The molecule has 4 nitrogen and oxygen atoms in total. The van der Waals surface area contributed by atoms with E-state index in [1.165, 1.54) is 27.7 Å². The number of benzene rings is 2. The average Bonchev–Trinajstić information content (AvgIpc) is 3.10. The minimum absolute atomic E-state index is 0.143. The number of para-hydroxylation sites is 1. The van der Waals surface area contributed by atoms with Crippen molar-refractivity contribution in [2.45, 2.75) is 50.3 Å². The van der Waals surface area contributed by atoms with Gasteiger partial charge in [-0.25, -0.2) is 0 Å². The fraction of sp³-hybridized carbons (Fsp3) is 0.462. The minimum Gasteiger partial charge on any atom is -0.385 e. The highest BCUT2D eigenvalue weighted by molar-refractivity contribution is 5.85. The Kier molecular flexibility index (Phi) is 4.97. The minimum atomic E-state index is -0.808. The first kappa shape index (κ1) is 19.8. The topological polar surface area (TPSA) is 51.3 Å². The molecule has 3 N–H and O–H groups in total. The lowest BCUT2D eigenvalue weighted by molar-refractivity contribution is -0.0589. The molecule has 1 fully saturated rings. The molecule has 2 aromatic carbocycles. The van der Waals surface area contributed by atoms with E-state index in [-0.39, 0.29) is 12.0 Å². The van der Waals surface area contributed by atoms with Crippen molar-refractivity contribution in [3.63, 3.8) is 0 Å². The van der Waals surface area contributed by atoms with Crippen LogP contribution < -0.4 is 5.32 Å². The summed E-state index contributed by atoms with van der Waals surface area (Å²) >= 11 is 0. The molecule has 0 aliphatic carbocycles. The molecule has 4 atom stereocenters. The number of aromatic amines is 1. The van der Waals surface area contributed by atoms with Crippen molar-refractivity contribution in [2.24, 2.45) is 5.92 Å². The van der Waals surface area contributed by atoms with Crippen LogP contribution in [0.4, 0.5) is 0 Å². The molecule has 30 heavy (non-hydrogen) atoms. The van der Waals surface area contributed by atoms with E-state index in [0.717, 1.165) is 37.8 Å². The zero-order chi connectivity index (χ0) is 20.9. The fourth-order valence-corrected chi connectivity index (χ4v) is 5.94. The summed E-state index contributed by atoms with van der Waals surface area (Å²) in [5.74, 6) is 0.143. The van der Waals surface area contributed by atoms with E-state index < -0.39 is 5.60 Å². The van der Waals surface area contributed by atoms with E-state index >= 15 is 0 Å². The summed E-state index contributed by atoms with van der Waals surface area (Å²) in [6, 6.07) is 17.7. The van der Waals surface area contributed by atoms with Gasteiger partial charge in [-0.3, -0.25) is 0 Å². The van der Waals surface area contributed by atoms with Crippen LogP contribution in [0, 0.1) is 12.8 Å². The molecule has 3 aromatic rings. The van der Waals surface area contributed by atoms with E-state index in [9.17, 15) is 5.11 Å². The Labute approximate surface area is 179 Å². The quantitative estimate of drug-likeness (QED) is 0.612. The van der Waals surface area contributed by atoms with Crippen molar-refractivity contribution in [3.05, 3.63) is 70.9 Å². The molecule has 0 amide bonds. The van der Waals surface area contributed by atoms with Crippen LogP contribution in [0.3, 0.4) is 0 Å². The third-order valence-corrected chi connectivity index (χ3v) is 7.35.